The molecule has 1 saturated heterocycles. The van der Waals surface area contributed by atoms with Crippen LogP contribution in [0.3, 0.4) is 0 Å². The molecule has 1 aliphatic heterocycles. The molecule has 233 valence electrons. The summed E-state index contributed by atoms with van der Waals surface area (Å²) in [5.41, 5.74) is -2.19. The fraction of sp³-hybridized carbons (Fsp3) is 0.606. The van der Waals surface area contributed by atoms with Gasteiger partial charge in [-0.3, -0.25) is 10.1 Å². The number of alkyl halides is 1. The molecule has 0 spiro atoms. The molecule has 0 unspecified atom stereocenters. The first kappa shape index (κ1) is 34.4. The molecule has 1 aromatic rings. The van der Waals surface area contributed by atoms with Gasteiger partial charge in [0.25, 0.3) is 0 Å². The van der Waals surface area contributed by atoms with Crippen molar-refractivity contribution in [1.82, 2.24) is 5.32 Å². The number of hydrogen-bond donors (Lipinski definition) is 3. The maximum atomic E-state index is 16.1. The molecular formula is C33H43FN2O6Y-2. The maximum Gasteiger partial charge on any atom is 0.181 e. The van der Waals surface area contributed by atoms with Gasteiger partial charge in [0.15, 0.2) is 12.4 Å². The molecule has 4 aliphatic carbocycles. The number of fused-ring (bicyclic) bond motifs is 7. The van der Waals surface area contributed by atoms with E-state index in [0.29, 0.717) is 30.7 Å². The number of aliphatic hydroxyl groups is 2. The van der Waals surface area contributed by atoms with E-state index in [-0.39, 0.29) is 76.7 Å². The number of allylic oxidation sites excluding steroid dienone is 4. The summed E-state index contributed by atoms with van der Waals surface area (Å²) >= 11 is 0. The van der Waals surface area contributed by atoms with Crippen LogP contribution < -0.4 is 10.1 Å². The van der Waals surface area contributed by atoms with E-state index in [2.05, 4.69) is 16.5 Å². The molecule has 3 N–H and O–H groups in total. The third-order valence-corrected chi connectivity index (χ3v) is 10.6. The van der Waals surface area contributed by atoms with Crippen LogP contribution in [0.25, 0.3) is 0 Å². The van der Waals surface area contributed by atoms with Gasteiger partial charge in [-0.05, 0) is 62.7 Å². The second-order valence-corrected chi connectivity index (χ2v) is 13.2. The van der Waals surface area contributed by atoms with Gasteiger partial charge in [-0.1, -0.05) is 25.1 Å². The van der Waals surface area contributed by atoms with Crippen LogP contribution in [-0.2, 0) is 47.1 Å². The van der Waals surface area contributed by atoms with E-state index in [4.69, 9.17) is 14.3 Å². The van der Waals surface area contributed by atoms with E-state index in [0.717, 1.165) is 5.75 Å². The Morgan fingerprint density at radius 3 is 2.63 bits per heavy atom. The van der Waals surface area contributed by atoms with Crippen molar-refractivity contribution in [2.45, 2.75) is 76.6 Å². The van der Waals surface area contributed by atoms with Crippen LogP contribution in [0.4, 0.5) is 4.39 Å². The second-order valence-electron chi connectivity index (χ2n) is 13.2. The Morgan fingerprint density at radius 2 is 1.93 bits per heavy atom. The predicted molar refractivity (Wildman–Crippen MR) is 156 cm³/mol. The van der Waals surface area contributed by atoms with Crippen molar-refractivity contribution in [2.24, 2.45) is 33.7 Å². The van der Waals surface area contributed by atoms with Crippen LogP contribution in [-0.4, -0.2) is 71.2 Å². The van der Waals surface area contributed by atoms with Crippen LogP contribution in [0.15, 0.2) is 53.2 Å². The van der Waals surface area contributed by atoms with Crippen LogP contribution in [0.1, 0.15) is 47.0 Å². The molecule has 0 aromatic heterocycles. The first-order valence-corrected chi connectivity index (χ1v) is 14.6. The minimum Gasteiger partial charge on any atom is -0.515 e. The van der Waals surface area contributed by atoms with Gasteiger partial charge in [0, 0.05) is 55.2 Å². The van der Waals surface area contributed by atoms with Crippen molar-refractivity contribution in [3.63, 3.8) is 0 Å². The molecule has 6 rings (SSSR count). The molecule has 10 heteroatoms. The number of rotatable bonds is 7. The number of ketones is 1. The van der Waals surface area contributed by atoms with Gasteiger partial charge in [-0.15, -0.1) is 12.1 Å². The normalized spacial score (nSPS) is 41.0. The van der Waals surface area contributed by atoms with Gasteiger partial charge in [0.05, 0.1) is 12.2 Å². The molecule has 9 atom stereocenters. The largest absolute Gasteiger partial charge is 0.515 e. The number of halogens is 1. The standard InChI is InChI=1S/C32H40FN2O6.CH3.Y/c1-29(2)35-32(26(38)18-36)27(41-29)16-22-21-15-24(33)23-14-19(34-40-13-12-39-20-8-6-5-7-9-20)10-11-30(23,3)28(21)25(37)17-31(22,32)4;;/h6-11,14,21-22,24-25,27-28,35-37H,12-13,15-18H2,1-4H3;1H3;/q2*-1;/b34-19+;;/t21-,22-,24-,25-,27+,28+,30-,31-,32+;;/m0../s1. The van der Waals surface area contributed by atoms with Gasteiger partial charge in [0.1, 0.15) is 36.4 Å². The van der Waals surface area contributed by atoms with Crippen LogP contribution in [0, 0.1) is 42.1 Å². The molecule has 3 saturated carbocycles. The molecule has 5 aliphatic rings. The Bertz CT molecular complexity index is 1290. The summed E-state index contributed by atoms with van der Waals surface area (Å²) in [5.74, 6) is -0.0731. The summed E-state index contributed by atoms with van der Waals surface area (Å²) < 4.78 is 28.1. The van der Waals surface area contributed by atoms with Gasteiger partial charge >= 0.3 is 0 Å². The topological polar surface area (TPSA) is 110 Å². The van der Waals surface area contributed by atoms with E-state index in [1.54, 1.807) is 18.2 Å². The Morgan fingerprint density at radius 1 is 1.21 bits per heavy atom. The first-order chi connectivity index (χ1) is 19.4. The zero-order valence-electron chi connectivity index (χ0n) is 25.7. The first-order valence-electron chi connectivity index (χ1n) is 14.6. The van der Waals surface area contributed by atoms with Crippen molar-refractivity contribution in [3.05, 3.63) is 61.6 Å². The summed E-state index contributed by atoms with van der Waals surface area (Å²) in [7, 11) is 0. The van der Waals surface area contributed by atoms with Crippen LogP contribution >= 0.6 is 0 Å². The molecule has 1 aromatic carbocycles. The number of aliphatic hydroxyl groups excluding tert-OH is 2. The zero-order valence-corrected chi connectivity index (χ0v) is 28.5. The molecule has 43 heavy (non-hydrogen) atoms. The Labute approximate surface area is 279 Å². The number of Topliss-reactive ketones (excluding diaryl/α,β-unsaturated/α-hetero) is 1. The molecule has 8 nitrogen and oxygen atoms in total. The number of oxime groups is 1. The molecule has 0 amide bonds. The molecule has 1 heterocycles. The number of benzene rings is 1. The monoisotopic (exact) mass is 671 g/mol. The maximum absolute atomic E-state index is 16.1. The number of carbonyl (C=O) groups excluding carboxylic acids is 1. The number of nitrogens with one attached hydrogen (secondary N) is 1. The predicted octanol–water partition coefficient (Wildman–Crippen LogP) is 3.98. The fourth-order valence-corrected chi connectivity index (χ4v) is 9.11. The summed E-state index contributed by atoms with van der Waals surface area (Å²) in [5, 5.41) is 29.4. The summed E-state index contributed by atoms with van der Waals surface area (Å²) in [6.45, 7) is 7.70. The van der Waals surface area contributed by atoms with E-state index < -0.39 is 47.1 Å². The smallest absolute Gasteiger partial charge is 0.181 e. The summed E-state index contributed by atoms with van der Waals surface area (Å²) in [4.78, 5) is 18.9. The van der Waals surface area contributed by atoms with Crippen molar-refractivity contribution in [3.8, 4) is 5.75 Å². The molecule has 1 radical (unpaired) electrons. The number of nitrogens with zero attached hydrogens (tertiary/aromatic N) is 1. The van der Waals surface area contributed by atoms with Gasteiger partial charge in [0.2, 0.25) is 0 Å². The number of hydrogen-bond acceptors (Lipinski definition) is 8. The molecule has 0 bridgehead atoms. The third-order valence-electron chi connectivity index (χ3n) is 10.6. The van der Waals surface area contributed by atoms with Gasteiger partial charge in [-0.25, -0.2) is 4.39 Å². The third kappa shape index (κ3) is 5.40. The van der Waals surface area contributed by atoms with Crippen molar-refractivity contribution in [1.29, 1.82) is 0 Å². The fourth-order valence-electron chi connectivity index (χ4n) is 9.11. The van der Waals surface area contributed by atoms with Crippen molar-refractivity contribution in [2.75, 3.05) is 19.8 Å². The summed E-state index contributed by atoms with van der Waals surface area (Å²) in [6.07, 6.45) is 4.24. The Balaban J connectivity index is 0.00000212. The Kier molecular flexibility index (Phi) is 9.89. The average molecular weight is 672 g/mol. The Hall–Kier alpha value is -1.49. The van der Waals surface area contributed by atoms with Gasteiger partial charge < -0.3 is 32.0 Å². The van der Waals surface area contributed by atoms with E-state index in [1.807, 2.05) is 52.0 Å². The quantitative estimate of drug-likeness (QED) is 0.229. The second kappa shape index (κ2) is 12.4. The SMILES string of the molecule is CC1(C)N[C@]2(C(=O)CO)[C@@H](C[C@H]3[C@@H]4C[C@H](F)C5=C/C(=N/OCCOc6cc[c-]cc6)C=C[C@]5(C)[C@H]4[C@@H](O)C[C@@]32C)O1.[CH3-].[Y]. The number of carbonyl (C=O) groups is 1. The minimum absolute atomic E-state index is 0. The summed E-state index contributed by atoms with van der Waals surface area (Å²) in [6, 6.07) is 10.1. The van der Waals surface area contributed by atoms with E-state index in [9.17, 15) is 15.0 Å². The van der Waals surface area contributed by atoms with Crippen LogP contribution in [0.5, 0.6) is 5.75 Å². The van der Waals surface area contributed by atoms with Gasteiger partial charge in [-0.2, -0.15) is 18.2 Å². The number of ether oxygens (including phenoxy) is 2. The molecule has 4 fully saturated rings. The van der Waals surface area contributed by atoms with Crippen molar-refractivity contribution < 1.29 is 66.4 Å². The zero-order chi connectivity index (χ0) is 29.2. The average Bonchev–Trinajstić information content (AvgIpc) is 3.34. The minimum atomic E-state index is -1.24. The van der Waals surface area contributed by atoms with E-state index >= 15 is 4.39 Å². The van der Waals surface area contributed by atoms with Crippen molar-refractivity contribution >= 4 is 11.5 Å². The van der Waals surface area contributed by atoms with E-state index in [1.165, 1.54) is 0 Å². The van der Waals surface area contributed by atoms with Crippen LogP contribution in [0.2, 0.25) is 0 Å². The molecular weight excluding hydrogens is 628 g/mol.